The third-order valence-corrected chi connectivity index (χ3v) is 4.59. The van der Waals surface area contributed by atoms with Crippen molar-refractivity contribution in [1.29, 1.82) is 0 Å². The normalized spacial score (nSPS) is 22.6. The highest BCUT2D eigenvalue weighted by atomic mass is 32.2. The van der Waals surface area contributed by atoms with Gasteiger partial charge in [0, 0.05) is 41.9 Å². The van der Waals surface area contributed by atoms with Gasteiger partial charge in [0.05, 0.1) is 5.92 Å². The predicted molar refractivity (Wildman–Crippen MR) is 68.9 cm³/mol. The third-order valence-electron chi connectivity index (χ3n) is 3.22. The number of carbonyl (C=O) groups excluding carboxylic acids is 1. The second-order valence-corrected chi connectivity index (χ2v) is 6.40. The number of nitrogens with zero attached hydrogens (tertiary/aromatic N) is 1. The Morgan fingerprint density at radius 1 is 1.56 bits per heavy atom. The first kappa shape index (κ1) is 14.9. The monoisotopic (exact) mass is 276 g/mol. The molecule has 1 aliphatic heterocycles. The fraction of sp³-hybridized carbons (Fsp3) is 0.818. The summed E-state index contributed by atoms with van der Waals surface area (Å²) in [5, 5.41) is 11.6. The fourth-order valence-electron chi connectivity index (χ4n) is 1.81. The van der Waals surface area contributed by atoms with E-state index in [4.69, 9.17) is 5.11 Å². The molecule has 1 fully saturated rings. The zero-order valence-corrected chi connectivity index (χ0v) is 11.5. The molecule has 18 heavy (non-hydrogen) atoms. The van der Waals surface area contributed by atoms with Crippen molar-refractivity contribution in [1.82, 2.24) is 10.2 Å². The van der Waals surface area contributed by atoms with Crippen molar-refractivity contribution in [2.45, 2.75) is 25.0 Å². The molecular formula is C11H20N2O4S. The van der Waals surface area contributed by atoms with Crippen LogP contribution in [0.15, 0.2) is 0 Å². The van der Waals surface area contributed by atoms with E-state index in [1.807, 2.05) is 6.92 Å². The van der Waals surface area contributed by atoms with E-state index in [1.54, 1.807) is 6.26 Å². The smallest absolute Gasteiger partial charge is 0.317 e. The largest absolute Gasteiger partial charge is 0.481 e. The quantitative estimate of drug-likeness (QED) is 0.754. The molecule has 1 saturated heterocycles. The molecule has 0 aromatic rings. The van der Waals surface area contributed by atoms with Gasteiger partial charge < -0.3 is 15.3 Å². The summed E-state index contributed by atoms with van der Waals surface area (Å²) in [5.41, 5.74) is 0. The lowest BCUT2D eigenvalue weighted by molar-refractivity contribution is -0.141. The average Bonchev–Trinajstić information content (AvgIpc) is 2.77. The minimum atomic E-state index is -0.881. The van der Waals surface area contributed by atoms with E-state index in [-0.39, 0.29) is 17.8 Å². The molecule has 7 heteroatoms. The zero-order chi connectivity index (χ0) is 13.7. The number of urea groups is 1. The topological polar surface area (TPSA) is 86.7 Å². The number of amides is 2. The highest BCUT2D eigenvalue weighted by Gasteiger charge is 2.30. The Labute approximate surface area is 109 Å². The molecule has 2 N–H and O–H groups in total. The Hall–Kier alpha value is -1.11. The van der Waals surface area contributed by atoms with E-state index in [2.05, 4.69) is 5.32 Å². The summed E-state index contributed by atoms with van der Waals surface area (Å²) in [6, 6.07) is -0.229. The molecule has 1 rings (SSSR count). The second-order valence-electron chi connectivity index (χ2n) is 4.60. The van der Waals surface area contributed by atoms with Crippen LogP contribution in [0.2, 0.25) is 0 Å². The van der Waals surface area contributed by atoms with Gasteiger partial charge >= 0.3 is 12.0 Å². The number of aliphatic carboxylic acids is 1. The Morgan fingerprint density at radius 3 is 2.72 bits per heavy atom. The lowest BCUT2D eigenvalue weighted by Gasteiger charge is -2.17. The molecule has 1 aliphatic rings. The molecule has 3 unspecified atom stereocenters. The molecule has 3 atom stereocenters. The molecular weight excluding hydrogens is 256 g/mol. The summed E-state index contributed by atoms with van der Waals surface area (Å²) in [4.78, 5) is 24.0. The molecule has 6 nitrogen and oxygen atoms in total. The highest BCUT2D eigenvalue weighted by molar-refractivity contribution is 7.84. The van der Waals surface area contributed by atoms with E-state index >= 15 is 0 Å². The van der Waals surface area contributed by atoms with E-state index in [1.165, 1.54) is 4.90 Å². The molecule has 1 heterocycles. The standard InChI is InChI=1S/C11H20N2O4S/c1-8(18(2)17)3-5-12-11(16)13-6-4-9(7-13)10(14)15/h8-9H,3-7H2,1-2H3,(H,12,16)(H,14,15). The zero-order valence-electron chi connectivity index (χ0n) is 10.7. The highest BCUT2D eigenvalue weighted by Crippen LogP contribution is 2.16. The number of likely N-dealkylation sites (tertiary alicyclic amines) is 1. The van der Waals surface area contributed by atoms with E-state index < -0.39 is 22.7 Å². The minimum absolute atomic E-state index is 0.0515. The Kier molecular flexibility index (Phi) is 5.58. The van der Waals surface area contributed by atoms with Crippen LogP contribution in [-0.4, -0.2) is 57.4 Å². The van der Waals surface area contributed by atoms with Crippen LogP contribution < -0.4 is 5.32 Å². The van der Waals surface area contributed by atoms with Crippen molar-refractivity contribution in [3.05, 3.63) is 0 Å². The number of carboxylic acids is 1. The van der Waals surface area contributed by atoms with Crippen molar-refractivity contribution >= 4 is 22.8 Å². The van der Waals surface area contributed by atoms with Gasteiger partial charge in [-0.3, -0.25) is 9.00 Å². The van der Waals surface area contributed by atoms with Gasteiger partial charge in [0.25, 0.3) is 0 Å². The SMILES string of the molecule is CC(CCNC(=O)N1CCC(C(=O)O)C1)S(C)=O. The maximum atomic E-state index is 11.7. The molecule has 0 aromatic heterocycles. The van der Waals surface area contributed by atoms with Gasteiger partial charge in [-0.1, -0.05) is 6.92 Å². The van der Waals surface area contributed by atoms with Gasteiger partial charge in [-0.15, -0.1) is 0 Å². The van der Waals surface area contributed by atoms with Crippen molar-refractivity contribution < 1.29 is 18.9 Å². The lowest BCUT2D eigenvalue weighted by Crippen LogP contribution is -2.40. The first-order valence-electron chi connectivity index (χ1n) is 5.99. The maximum Gasteiger partial charge on any atom is 0.317 e. The van der Waals surface area contributed by atoms with Crippen LogP contribution >= 0.6 is 0 Å². The number of hydrogen-bond donors (Lipinski definition) is 2. The molecule has 0 aliphatic carbocycles. The Balaban J connectivity index is 2.26. The van der Waals surface area contributed by atoms with Gasteiger partial charge in [0.2, 0.25) is 0 Å². The van der Waals surface area contributed by atoms with Gasteiger partial charge in [-0.05, 0) is 12.8 Å². The van der Waals surface area contributed by atoms with Crippen molar-refractivity contribution in [2.24, 2.45) is 5.92 Å². The van der Waals surface area contributed by atoms with Crippen LogP contribution in [0.4, 0.5) is 4.79 Å². The molecule has 0 radical (unpaired) electrons. The number of rotatable bonds is 5. The summed E-state index contributed by atoms with van der Waals surface area (Å²) < 4.78 is 11.1. The van der Waals surface area contributed by atoms with Crippen molar-refractivity contribution in [2.75, 3.05) is 25.9 Å². The second kappa shape index (κ2) is 6.72. The third kappa shape index (κ3) is 4.29. The summed E-state index contributed by atoms with van der Waals surface area (Å²) in [7, 11) is -0.881. The molecule has 0 aromatic carbocycles. The van der Waals surface area contributed by atoms with Crippen LogP contribution in [0.5, 0.6) is 0 Å². The van der Waals surface area contributed by atoms with Crippen LogP contribution in [0.1, 0.15) is 19.8 Å². The summed E-state index contributed by atoms with van der Waals surface area (Å²) in [6.07, 6.45) is 2.81. The summed E-state index contributed by atoms with van der Waals surface area (Å²) >= 11 is 0. The number of nitrogens with one attached hydrogen (secondary N) is 1. The van der Waals surface area contributed by atoms with E-state index in [0.717, 1.165) is 0 Å². The van der Waals surface area contributed by atoms with E-state index in [9.17, 15) is 13.8 Å². The molecule has 0 bridgehead atoms. The van der Waals surface area contributed by atoms with E-state index in [0.29, 0.717) is 25.9 Å². The van der Waals surface area contributed by atoms with Crippen LogP contribution in [-0.2, 0) is 15.6 Å². The van der Waals surface area contributed by atoms with Gasteiger partial charge in [-0.25, -0.2) is 4.79 Å². The van der Waals surface area contributed by atoms with Gasteiger partial charge in [-0.2, -0.15) is 0 Å². The minimum Gasteiger partial charge on any atom is -0.481 e. The number of carbonyl (C=O) groups is 2. The average molecular weight is 276 g/mol. The first-order valence-corrected chi connectivity index (χ1v) is 7.61. The number of hydrogen-bond acceptors (Lipinski definition) is 3. The van der Waals surface area contributed by atoms with Crippen molar-refractivity contribution in [3.63, 3.8) is 0 Å². The van der Waals surface area contributed by atoms with Gasteiger partial charge in [0.1, 0.15) is 0 Å². The summed E-state index contributed by atoms with van der Waals surface area (Å²) in [6.45, 7) is 3.10. The maximum absolute atomic E-state index is 11.7. The predicted octanol–water partition coefficient (Wildman–Crippen LogP) is 0.260. The van der Waals surface area contributed by atoms with Crippen LogP contribution in [0, 0.1) is 5.92 Å². The number of carboxylic acid groups (broad SMARTS) is 1. The Bertz CT molecular complexity index is 348. The van der Waals surface area contributed by atoms with Crippen LogP contribution in [0.25, 0.3) is 0 Å². The molecule has 2 amide bonds. The summed E-state index contributed by atoms with van der Waals surface area (Å²) in [5.74, 6) is -1.29. The first-order chi connectivity index (χ1) is 8.41. The Morgan fingerprint density at radius 2 is 2.22 bits per heavy atom. The van der Waals surface area contributed by atoms with Gasteiger partial charge in [0.15, 0.2) is 0 Å². The molecule has 0 spiro atoms. The van der Waals surface area contributed by atoms with Crippen LogP contribution in [0.3, 0.4) is 0 Å². The van der Waals surface area contributed by atoms with Crippen molar-refractivity contribution in [3.8, 4) is 0 Å². The molecule has 104 valence electrons. The lowest BCUT2D eigenvalue weighted by atomic mass is 10.1. The molecule has 0 saturated carbocycles. The fourth-order valence-corrected chi connectivity index (χ4v) is 2.26.